The number of urea groups is 1. The van der Waals surface area contributed by atoms with Gasteiger partial charge in [-0.2, -0.15) is 0 Å². The van der Waals surface area contributed by atoms with E-state index >= 15 is 0 Å². The molecule has 0 spiro atoms. The molecule has 1 atom stereocenters. The van der Waals surface area contributed by atoms with Gasteiger partial charge in [0.25, 0.3) is 0 Å². The summed E-state index contributed by atoms with van der Waals surface area (Å²) >= 11 is 0. The van der Waals surface area contributed by atoms with E-state index in [1.54, 1.807) is 11.9 Å². The van der Waals surface area contributed by atoms with Gasteiger partial charge in [-0.15, -0.1) is 0 Å². The van der Waals surface area contributed by atoms with Gasteiger partial charge in [0, 0.05) is 27.3 Å². The summed E-state index contributed by atoms with van der Waals surface area (Å²) in [5.74, 6) is -1.03. The SMILES string of the molecule is COCCN(CC(=O)O)C(=O)N(C)C1CCOC1. The number of hydrogen-bond acceptors (Lipinski definition) is 4. The molecular formula is C11H20N2O5. The van der Waals surface area contributed by atoms with Gasteiger partial charge in [0.1, 0.15) is 6.54 Å². The maximum absolute atomic E-state index is 12.1. The Morgan fingerprint density at radius 2 is 2.22 bits per heavy atom. The van der Waals surface area contributed by atoms with E-state index in [-0.39, 0.29) is 25.2 Å². The number of amides is 2. The Morgan fingerprint density at radius 3 is 2.72 bits per heavy atom. The lowest BCUT2D eigenvalue weighted by Gasteiger charge is -2.30. The number of aliphatic carboxylic acids is 1. The van der Waals surface area contributed by atoms with Crippen LogP contribution in [0, 0.1) is 0 Å². The highest BCUT2D eigenvalue weighted by Gasteiger charge is 2.28. The Kier molecular flexibility index (Phi) is 5.87. The first-order valence-electron chi connectivity index (χ1n) is 5.86. The van der Waals surface area contributed by atoms with Gasteiger partial charge in [0.05, 0.1) is 19.3 Å². The van der Waals surface area contributed by atoms with E-state index in [9.17, 15) is 9.59 Å². The zero-order valence-corrected chi connectivity index (χ0v) is 10.8. The second-order valence-electron chi connectivity index (χ2n) is 4.22. The summed E-state index contributed by atoms with van der Waals surface area (Å²) in [6.45, 7) is 1.40. The van der Waals surface area contributed by atoms with Crippen molar-refractivity contribution in [2.24, 2.45) is 0 Å². The Balaban J connectivity index is 2.58. The zero-order valence-electron chi connectivity index (χ0n) is 10.8. The lowest BCUT2D eigenvalue weighted by molar-refractivity contribution is -0.137. The first kappa shape index (κ1) is 14.7. The maximum Gasteiger partial charge on any atom is 0.323 e. The minimum absolute atomic E-state index is 0.0244. The summed E-state index contributed by atoms with van der Waals surface area (Å²) in [7, 11) is 3.18. The fourth-order valence-electron chi connectivity index (χ4n) is 1.81. The van der Waals surface area contributed by atoms with Gasteiger partial charge < -0.3 is 24.4 Å². The van der Waals surface area contributed by atoms with Gasteiger partial charge >= 0.3 is 12.0 Å². The van der Waals surface area contributed by atoms with Crippen LogP contribution in [0.5, 0.6) is 0 Å². The summed E-state index contributed by atoms with van der Waals surface area (Å²) in [5.41, 5.74) is 0. The average Bonchev–Trinajstić information content (AvgIpc) is 2.85. The molecule has 7 nitrogen and oxygen atoms in total. The van der Waals surface area contributed by atoms with Crippen LogP contribution in [-0.4, -0.2) is 80.0 Å². The molecule has 18 heavy (non-hydrogen) atoms. The minimum atomic E-state index is -1.03. The molecule has 1 rings (SSSR count). The summed E-state index contributed by atoms with van der Waals surface area (Å²) < 4.78 is 10.1. The standard InChI is InChI=1S/C11H20N2O5/c1-12(9-3-5-18-8-9)11(16)13(4-6-17-2)7-10(14)15/h9H,3-8H2,1-2H3,(H,14,15). The molecule has 1 aliphatic rings. The van der Waals surface area contributed by atoms with Crippen molar-refractivity contribution < 1.29 is 24.2 Å². The Hall–Kier alpha value is -1.34. The number of ether oxygens (including phenoxy) is 2. The largest absolute Gasteiger partial charge is 0.480 e. The van der Waals surface area contributed by atoms with E-state index in [1.165, 1.54) is 12.0 Å². The molecule has 104 valence electrons. The van der Waals surface area contributed by atoms with E-state index in [4.69, 9.17) is 14.6 Å². The maximum atomic E-state index is 12.1. The van der Waals surface area contributed by atoms with Crippen LogP contribution < -0.4 is 0 Å². The van der Waals surface area contributed by atoms with Crippen LogP contribution in [0.3, 0.4) is 0 Å². The zero-order chi connectivity index (χ0) is 13.5. The molecule has 1 fully saturated rings. The van der Waals surface area contributed by atoms with Gasteiger partial charge in [-0.05, 0) is 6.42 Å². The van der Waals surface area contributed by atoms with E-state index < -0.39 is 5.97 Å². The molecule has 0 aromatic rings. The van der Waals surface area contributed by atoms with Crippen molar-refractivity contribution >= 4 is 12.0 Å². The van der Waals surface area contributed by atoms with Gasteiger partial charge in [0.2, 0.25) is 0 Å². The summed E-state index contributed by atoms with van der Waals surface area (Å²) in [6.07, 6.45) is 0.785. The predicted molar refractivity (Wildman–Crippen MR) is 63.5 cm³/mol. The molecule has 1 saturated heterocycles. The molecule has 1 heterocycles. The quantitative estimate of drug-likeness (QED) is 0.719. The van der Waals surface area contributed by atoms with Crippen LogP contribution >= 0.6 is 0 Å². The van der Waals surface area contributed by atoms with Crippen LogP contribution in [0.15, 0.2) is 0 Å². The first-order chi connectivity index (χ1) is 8.56. The number of likely N-dealkylation sites (N-methyl/N-ethyl adjacent to an activating group) is 1. The summed E-state index contributed by atoms with van der Waals surface area (Å²) in [4.78, 5) is 25.7. The van der Waals surface area contributed by atoms with Crippen molar-refractivity contribution in [1.29, 1.82) is 0 Å². The fraction of sp³-hybridized carbons (Fsp3) is 0.818. The van der Waals surface area contributed by atoms with Crippen LogP contribution in [0.2, 0.25) is 0 Å². The molecule has 0 bridgehead atoms. The molecule has 0 saturated carbocycles. The molecule has 1 unspecified atom stereocenters. The lowest BCUT2D eigenvalue weighted by atomic mass is 10.2. The molecule has 0 aromatic heterocycles. The average molecular weight is 260 g/mol. The van der Waals surface area contributed by atoms with E-state index in [0.717, 1.165) is 6.42 Å². The number of rotatable bonds is 6. The number of carbonyl (C=O) groups is 2. The van der Waals surface area contributed by atoms with Crippen molar-refractivity contribution in [3.8, 4) is 0 Å². The van der Waals surface area contributed by atoms with Crippen molar-refractivity contribution in [3.05, 3.63) is 0 Å². The third kappa shape index (κ3) is 4.15. The van der Waals surface area contributed by atoms with Gasteiger partial charge in [0.15, 0.2) is 0 Å². The number of hydrogen-bond donors (Lipinski definition) is 1. The topological polar surface area (TPSA) is 79.3 Å². The van der Waals surface area contributed by atoms with E-state index in [2.05, 4.69) is 0 Å². The first-order valence-corrected chi connectivity index (χ1v) is 5.86. The highest BCUT2D eigenvalue weighted by molar-refractivity contribution is 5.80. The van der Waals surface area contributed by atoms with Crippen molar-refractivity contribution in [2.45, 2.75) is 12.5 Å². The number of carboxylic acids is 1. The minimum Gasteiger partial charge on any atom is -0.480 e. The van der Waals surface area contributed by atoms with Crippen molar-refractivity contribution in [3.63, 3.8) is 0 Å². The third-order valence-electron chi connectivity index (χ3n) is 2.92. The van der Waals surface area contributed by atoms with Gasteiger partial charge in [-0.25, -0.2) is 4.79 Å². The highest BCUT2D eigenvalue weighted by Crippen LogP contribution is 2.12. The number of carboxylic acid groups (broad SMARTS) is 1. The highest BCUT2D eigenvalue weighted by atomic mass is 16.5. The van der Waals surface area contributed by atoms with Crippen LogP contribution in [0.25, 0.3) is 0 Å². The van der Waals surface area contributed by atoms with Crippen LogP contribution in [-0.2, 0) is 14.3 Å². The van der Waals surface area contributed by atoms with Gasteiger partial charge in [-0.3, -0.25) is 4.79 Å². The van der Waals surface area contributed by atoms with Gasteiger partial charge in [-0.1, -0.05) is 0 Å². The predicted octanol–water partition coefficient (Wildman–Crippen LogP) is -0.140. The fourth-order valence-corrected chi connectivity index (χ4v) is 1.81. The van der Waals surface area contributed by atoms with Crippen LogP contribution in [0.4, 0.5) is 4.79 Å². The van der Waals surface area contributed by atoms with Crippen molar-refractivity contribution in [1.82, 2.24) is 9.80 Å². The second-order valence-corrected chi connectivity index (χ2v) is 4.22. The van der Waals surface area contributed by atoms with Crippen molar-refractivity contribution in [2.75, 3.05) is 47.1 Å². The molecular weight excluding hydrogens is 240 g/mol. The number of methoxy groups -OCH3 is 1. The van der Waals surface area contributed by atoms with Crippen LogP contribution in [0.1, 0.15) is 6.42 Å². The number of nitrogens with zero attached hydrogens (tertiary/aromatic N) is 2. The Morgan fingerprint density at radius 1 is 1.50 bits per heavy atom. The Labute approximate surface area is 106 Å². The molecule has 1 N–H and O–H groups in total. The Bertz CT molecular complexity index is 291. The smallest absolute Gasteiger partial charge is 0.323 e. The molecule has 0 aliphatic carbocycles. The van der Waals surface area contributed by atoms with E-state index in [1.807, 2.05) is 0 Å². The molecule has 7 heteroatoms. The summed E-state index contributed by atoms with van der Waals surface area (Å²) in [5, 5.41) is 8.80. The third-order valence-corrected chi connectivity index (χ3v) is 2.92. The molecule has 0 radical (unpaired) electrons. The molecule has 1 aliphatic heterocycles. The normalized spacial score (nSPS) is 18.7. The molecule has 2 amide bonds. The monoisotopic (exact) mass is 260 g/mol. The van der Waals surface area contributed by atoms with E-state index in [0.29, 0.717) is 19.8 Å². The summed E-state index contributed by atoms with van der Waals surface area (Å²) in [6, 6.07) is -0.277. The number of carbonyl (C=O) groups excluding carboxylic acids is 1. The lowest BCUT2D eigenvalue weighted by Crippen LogP contribution is -2.48. The second kappa shape index (κ2) is 7.17. The molecule has 0 aromatic carbocycles.